The van der Waals surface area contributed by atoms with Crippen LogP contribution in [0, 0.1) is 13.8 Å². The lowest BCUT2D eigenvalue weighted by Gasteiger charge is -2.39. The molecule has 0 saturated carbocycles. The van der Waals surface area contributed by atoms with Crippen LogP contribution < -0.4 is 0 Å². The van der Waals surface area contributed by atoms with Crippen molar-refractivity contribution in [1.82, 2.24) is 24.8 Å². The van der Waals surface area contributed by atoms with Gasteiger partial charge in [0, 0.05) is 51.4 Å². The molecule has 0 aliphatic carbocycles. The minimum Gasteiger partial charge on any atom is -0.385 e. The van der Waals surface area contributed by atoms with Crippen molar-refractivity contribution in [3.8, 4) is 0 Å². The van der Waals surface area contributed by atoms with Gasteiger partial charge in [0.2, 0.25) is 5.89 Å². The van der Waals surface area contributed by atoms with Gasteiger partial charge >= 0.3 is 0 Å². The van der Waals surface area contributed by atoms with Gasteiger partial charge in [0.1, 0.15) is 0 Å². The Morgan fingerprint density at radius 2 is 2.08 bits per heavy atom. The maximum Gasteiger partial charge on any atom is 0.257 e. The van der Waals surface area contributed by atoms with Crippen molar-refractivity contribution in [2.75, 3.05) is 26.8 Å². The third-order valence-electron chi connectivity index (χ3n) is 5.43. The quantitative estimate of drug-likeness (QED) is 0.783. The molecule has 0 N–H and O–H groups in total. The van der Waals surface area contributed by atoms with E-state index in [9.17, 15) is 4.79 Å². The summed E-state index contributed by atoms with van der Waals surface area (Å²) in [6.07, 6.45) is 4.08. The van der Waals surface area contributed by atoms with Crippen LogP contribution in [0.1, 0.15) is 54.0 Å². The molecular weight excluding hydrogens is 334 g/mol. The molecule has 1 saturated heterocycles. The molecule has 2 aromatic rings. The van der Waals surface area contributed by atoms with E-state index in [2.05, 4.69) is 15.2 Å². The highest BCUT2D eigenvalue weighted by molar-refractivity contribution is 5.95. The molecule has 1 aliphatic heterocycles. The standard InChI is InChI=1S/C18H27N5O3/c1-5-23-13(2)15(12-19-23)16(24)22-9-6-18(7-10-22,8-11-25-4)17-20-14(3)26-21-17/h12H,5-11H2,1-4H3. The Labute approximate surface area is 153 Å². The van der Waals surface area contributed by atoms with E-state index >= 15 is 0 Å². The summed E-state index contributed by atoms with van der Waals surface area (Å²) in [4.78, 5) is 19.3. The van der Waals surface area contributed by atoms with Crippen molar-refractivity contribution in [3.05, 3.63) is 29.2 Å². The Bertz CT molecular complexity index is 759. The Hall–Kier alpha value is -2.22. The van der Waals surface area contributed by atoms with Gasteiger partial charge in [-0.2, -0.15) is 10.1 Å². The van der Waals surface area contributed by atoms with Gasteiger partial charge in [0.15, 0.2) is 5.82 Å². The van der Waals surface area contributed by atoms with Gasteiger partial charge in [-0.15, -0.1) is 0 Å². The van der Waals surface area contributed by atoms with E-state index in [1.54, 1.807) is 20.2 Å². The van der Waals surface area contributed by atoms with Crippen molar-refractivity contribution in [2.24, 2.45) is 0 Å². The Kier molecular flexibility index (Phi) is 5.41. The van der Waals surface area contributed by atoms with Gasteiger partial charge in [-0.1, -0.05) is 5.16 Å². The van der Waals surface area contributed by atoms with Crippen LogP contribution in [0.2, 0.25) is 0 Å². The molecule has 2 aromatic heterocycles. The molecule has 0 aromatic carbocycles. The SMILES string of the molecule is CCn1ncc(C(=O)N2CCC(CCOC)(c3noc(C)n3)CC2)c1C. The molecule has 8 nitrogen and oxygen atoms in total. The number of ether oxygens (including phenoxy) is 1. The topological polar surface area (TPSA) is 86.3 Å². The molecule has 0 bridgehead atoms. The van der Waals surface area contributed by atoms with Crippen molar-refractivity contribution in [1.29, 1.82) is 0 Å². The van der Waals surface area contributed by atoms with Crippen molar-refractivity contribution in [3.63, 3.8) is 0 Å². The van der Waals surface area contributed by atoms with E-state index in [0.717, 1.165) is 37.3 Å². The lowest BCUT2D eigenvalue weighted by Crippen LogP contribution is -2.46. The van der Waals surface area contributed by atoms with E-state index in [4.69, 9.17) is 9.26 Å². The predicted molar refractivity (Wildman–Crippen MR) is 95.0 cm³/mol. The molecule has 0 unspecified atom stereocenters. The van der Waals surface area contributed by atoms with E-state index < -0.39 is 0 Å². The first-order chi connectivity index (χ1) is 12.5. The second kappa shape index (κ2) is 7.57. The summed E-state index contributed by atoms with van der Waals surface area (Å²) in [5.74, 6) is 1.35. The number of likely N-dealkylation sites (tertiary alicyclic amines) is 1. The van der Waals surface area contributed by atoms with Crippen LogP contribution in [-0.2, 0) is 16.7 Å². The molecule has 8 heteroatoms. The number of aryl methyl sites for hydroxylation is 2. The summed E-state index contributed by atoms with van der Waals surface area (Å²) in [5.41, 5.74) is 1.40. The monoisotopic (exact) mass is 361 g/mol. The maximum atomic E-state index is 12.9. The largest absolute Gasteiger partial charge is 0.385 e. The Morgan fingerprint density at radius 3 is 2.62 bits per heavy atom. The molecule has 1 aliphatic rings. The summed E-state index contributed by atoms with van der Waals surface area (Å²) < 4.78 is 12.3. The molecule has 0 atom stereocenters. The van der Waals surface area contributed by atoms with Crippen LogP contribution in [-0.4, -0.2) is 57.5 Å². The second-order valence-corrected chi connectivity index (χ2v) is 6.91. The van der Waals surface area contributed by atoms with Crippen LogP contribution in [0.15, 0.2) is 10.7 Å². The van der Waals surface area contributed by atoms with Crippen LogP contribution in [0.4, 0.5) is 0 Å². The number of nitrogens with zero attached hydrogens (tertiary/aromatic N) is 5. The third kappa shape index (κ3) is 3.38. The van der Waals surface area contributed by atoms with Crippen LogP contribution in [0.25, 0.3) is 0 Å². The number of amides is 1. The molecule has 0 spiro atoms. The van der Waals surface area contributed by atoms with E-state index in [0.29, 0.717) is 31.2 Å². The predicted octanol–water partition coefficient (Wildman–Crippen LogP) is 2.11. The van der Waals surface area contributed by atoms with Crippen LogP contribution in [0.5, 0.6) is 0 Å². The van der Waals surface area contributed by atoms with Crippen LogP contribution >= 0.6 is 0 Å². The molecule has 3 rings (SSSR count). The minimum absolute atomic E-state index is 0.0480. The molecule has 3 heterocycles. The average molecular weight is 361 g/mol. The number of carbonyl (C=O) groups is 1. The molecule has 1 amide bonds. The summed E-state index contributed by atoms with van der Waals surface area (Å²) in [6.45, 7) is 8.47. The minimum atomic E-state index is -0.201. The number of hydrogen-bond acceptors (Lipinski definition) is 6. The third-order valence-corrected chi connectivity index (χ3v) is 5.43. The summed E-state index contributed by atoms with van der Waals surface area (Å²) in [6, 6.07) is 0. The Morgan fingerprint density at radius 1 is 1.35 bits per heavy atom. The van der Waals surface area contributed by atoms with Gasteiger partial charge < -0.3 is 14.2 Å². The zero-order valence-electron chi connectivity index (χ0n) is 16.0. The van der Waals surface area contributed by atoms with Gasteiger partial charge in [-0.25, -0.2) is 0 Å². The smallest absolute Gasteiger partial charge is 0.257 e. The number of aromatic nitrogens is 4. The first kappa shape index (κ1) is 18.6. The second-order valence-electron chi connectivity index (χ2n) is 6.91. The van der Waals surface area contributed by atoms with Crippen molar-refractivity contribution < 1.29 is 14.1 Å². The number of rotatable bonds is 6. The number of piperidine rings is 1. The zero-order valence-corrected chi connectivity index (χ0v) is 16.0. The fraction of sp³-hybridized carbons (Fsp3) is 0.667. The zero-order chi connectivity index (χ0) is 18.7. The van der Waals surface area contributed by atoms with Crippen molar-refractivity contribution >= 4 is 5.91 Å². The fourth-order valence-electron chi connectivity index (χ4n) is 3.68. The maximum absolute atomic E-state index is 12.9. The lowest BCUT2D eigenvalue weighted by atomic mass is 9.75. The average Bonchev–Trinajstić information content (AvgIpc) is 3.25. The van der Waals surface area contributed by atoms with Crippen LogP contribution in [0.3, 0.4) is 0 Å². The highest BCUT2D eigenvalue weighted by Crippen LogP contribution is 2.37. The van der Waals surface area contributed by atoms with E-state index in [1.165, 1.54) is 0 Å². The van der Waals surface area contributed by atoms with Gasteiger partial charge in [-0.3, -0.25) is 9.48 Å². The molecule has 26 heavy (non-hydrogen) atoms. The summed E-state index contributed by atoms with van der Waals surface area (Å²) in [7, 11) is 1.70. The van der Waals surface area contributed by atoms with Crippen molar-refractivity contribution in [2.45, 2.75) is 52.0 Å². The fourth-order valence-corrected chi connectivity index (χ4v) is 3.68. The van der Waals surface area contributed by atoms with E-state index in [1.807, 2.05) is 23.4 Å². The molecule has 0 radical (unpaired) electrons. The molecular formula is C18H27N5O3. The lowest BCUT2D eigenvalue weighted by molar-refractivity contribution is 0.0615. The summed E-state index contributed by atoms with van der Waals surface area (Å²) >= 11 is 0. The van der Waals surface area contributed by atoms with Gasteiger partial charge in [0.25, 0.3) is 5.91 Å². The van der Waals surface area contributed by atoms with E-state index in [-0.39, 0.29) is 11.3 Å². The summed E-state index contributed by atoms with van der Waals surface area (Å²) in [5, 5.41) is 8.45. The van der Waals surface area contributed by atoms with Gasteiger partial charge in [-0.05, 0) is 33.1 Å². The van der Waals surface area contributed by atoms with Gasteiger partial charge in [0.05, 0.1) is 11.8 Å². The molecule has 142 valence electrons. The number of hydrogen-bond donors (Lipinski definition) is 0. The number of methoxy groups -OCH3 is 1. The first-order valence-electron chi connectivity index (χ1n) is 9.12. The highest BCUT2D eigenvalue weighted by atomic mass is 16.5. The first-order valence-corrected chi connectivity index (χ1v) is 9.12. The normalized spacial score (nSPS) is 16.8. The Balaban J connectivity index is 1.75. The molecule has 1 fully saturated rings. The number of carbonyl (C=O) groups excluding carboxylic acids is 1. The highest BCUT2D eigenvalue weighted by Gasteiger charge is 2.41.